The van der Waals surface area contributed by atoms with E-state index >= 15 is 0 Å². The van der Waals surface area contributed by atoms with E-state index in [4.69, 9.17) is 9.47 Å². The van der Waals surface area contributed by atoms with Crippen LogP contribution in [0.25, 0.3) is 0 Å². The van der Waals surface area contributed by atoms with Gasteiger partial charge in [0, 0.05) is 31.7 Å². The van der Waals surface area contributed by atoms with Gasteiger partial charge in [0.2, 0.25) is 5.91 Å². The third-order valence-electron chi connectivity index (χ3n) is 6.04. The summed E-state index contributed by atoms with van der Waals surface area (Å²) in [6.45, 7) is 5.13. The van der Waals surface area contributed by atoms with Crippen LogP contribution >= 0.6 is 0 Å². The topological polar surface area (TPSA) is 101 Å². The van der Waals surface area contributed by atoms with Gasteiger partial charge in [-0.2, -0.15) is 0 Å². The molecule has 2 aromatic rings. The summed E-state index contributed by atoms with van der Waals surface area (Å²) in [6, 6.07) is 7.62. The van der Waals surface area contributed by atoms with Crippen molar-refractivity contribution in [2.45, 2.75) is 39.7 Å². The quantitative estimate of drug-likeness (QED) is 0.644. The summed E-state index contributed by atoms with van der Waals surface area (Å²) in [5, 5.41) is 2.97. The number of benzene rings is 1. The number of hydrogen-bond donors (Lipinski definition) is 2. The fourth-order valence-corrected chi connectivity index (χ4v) is 4.19. The first-order valence-corrected chi connectivity index (χ1v) is 10.8. The maximum Gasteiger partial charge on any atom is 0.339 e. The monoisotopic (exact) mass is 441 g/mol. The van der Waals surface area contributed by atoms with Crippen molar-refractivity contribution < 1.29 is 23.9 Å². The number of likely N-dealkylation sites (tertiary alicyclic amines) is 1. The van der Waals surface area contributed by atoms with Gasteiger partial charge in [-0.3, -0.25) is 9.59 Å². The molecule has 1 saturated heterocycles. The number of ether oxygens (including phenoxy) is 2. The number of carbonyl (C=O) groups is 3. The van der Waals surface area contributed by atoms with Crippen LogP contribution in [-0.2, 0) is 16.1 Å². The normalized spacial score (nSPS) is 14.2. The summed E-state index contributed by atoms with van der Waals surface area (Å²) in [4.78, 5) is 42.2. The predicted octanol–water partition coefficient (Wildman–Crippen LogP) is 2.99. The first kappa shape index (κ1) is 23.4. The zero-order chi connectivity index (χ0) is 23.3. The molecular formula is C24H31N3O5. The van der Waals surface area contributed by atoms with Crippen LogP contribution in [0.2, 0.25) is 0 Å². The van der Waals surface area contributed by atoms with Gasteiger partial charge in [-0.15, -0.1) is 0 Å². The number of nitrogens with one attached hydrogen (secondary N) is 2. The molecule has 0 radical (unpaired) electrons. The molecule has 2 heterocycles. The number of esters is 1. The molecular weight excluding hydrogens is 410 g/mol. The number of methoxy groups -OCH3 is 2. The average molecular weight is 442 g/mol. The molecule has 0 atom stereocenters. The smallest absolute Gasteiger partial charge is 0.339 e. The lowest BCUT2D eigenvalue weighted by Gasteiger charge is -2.31. The number of aromatic nitrogens is 1. The highest BCUT2D eigenvalue weighted by Crippen LogP contribution is 2.25. The Bertz CT molecular complexity index is 990. The van der Waals surface area contributed by atoms with Gasteiger partial charge in [-0.05, 0) is 55.9 Å². The summed E-state index contributed by atoms with van der Waals surface area (Å²) >= 11 is 0. The van der Waals surface area contributed by atoms with Crippen LogP contribution < -0.4 is 10.1 Å². The minimum absolute atomic E-state index is 0.0103. The van der Waals surface area contributed by atoms with E-state index in [0.29, 0.717) is 48.6 Å². The molecule has 1 aliphatic rings. The van der Waals surface area contributed by atoms with E-state index in [1.54, 1.807) is 25.9 Å². The van der Waals surface area contributed by atoms with Gasteiger partial charge >= 0.3 is 5.97 Å². The zero-order valence-electron chi connectivity index (χ0n) is 19.1. The lowest BCUT2D eigenvalue weighted by Crippen LogP contribution is -2.40. The predicted molar refractivity (Wildman–Crippen MR) is 120 cm³/mol. The number of nitrogens with zero attached hydrogens (tertiary/aromatic N) is 1. The van der Waals surface area contributed by atoms with Gasteiger partial charge in [-0.1, -0.05) is 12.1 Å². The molecule has 32 heavy (non-hydrogen) atoms. The first-order chi connectivity index (χ1) is 15.3. The third-order valence-corrected chi connectivity index (χ3v) is 6.04. The van der Waals surface area contributed by atoms with E-state index in [1.807, 2.05) is 24.3 Å². The highest BCUT2D eigenvalue weighted by molar-refractivity contribution is 6.00. The van der Waals surface area contributed by atoms with E-state index in [2.05, 4.69) is 10.3 Å². The van der Waals surface area contributed by atoms with E-state index in [-0.39, 0.29) is 17.7 Å². The molecule has 2 N–H and O–H groups in total. The third kappa shape index (κ3) is 5.30. The number of rotatable bonds is 7. The number of carbonyl (C=O) groups excluding carboxylic acids is 3. The van der Waals surface area contributed by atoms with Gasteiger partial charge in [0.15, 0.2) is 0 Å². The Hall–Kier alpha value is -3.29. The molecule has 3 rings (SSSR count). The van der Waals surface area contributed by atoms with Crippen molar-refractivity contribution in [1.82, 2.24) is 15.2 Å². The van der Waals surface area contributed by atoms with E-state index < -0.39 is 5.97 Å². The molecule has 1 aromatic carbocycles. The molecule has 172 valence electrons. The molecule has 0 bridgehead atoms. The minimum Gasteiger partial charge on any atom is -0.497 e. The van der Waals surface area contributed by atoms with Crippen LogP contribution in [-0.4, -0.2) is 55.0 Å². The number of hydrogen-bond acceptors (Lipinski definition) is 5. The molecule has 1 fully saturated rings. The van der Waals surface area contributed by atoms with Crippen LogP contribution in [0.5, 0.6) is 5.75 Å². The van der Waals surface area contributed by atoms with Gasteiger partial charge < -0.3 is 24.7 Å². The lowest BCUT2D eigenvalue weighted by molar-refractivity contribution is -0.122. The second-order valence-corrected chi connectivity index (χ2v) is 8.18. The van der Waals surface area contributed by atoms with Gasteiger partial charge in [0.05, 0.1) is 19.8 Å². The number of H-pyrrole nitrogens is 1. The lowest BCUT2D eigenvalue weighted by atomic mass is 9.93. The molecule has 8 heteroatoms. The molecule has 1 aliphatic heterocycles. The largest absolute Gasteiger partial charge is 0.497 e. The number of piperidine rings is 1. The van der Waals surface area contributed by atoms with Crippen LogP contribution in [0.15, 0.2) is 24.3 Å². The van der Waals surface area contributed by atoms with Crippen molar-refractivity contribution in [3.05, 3.63) is 52.3 Å². The van der Waals surface area contributed by atoms with Crippen LogP contribution in [0, 0.1) is 19.8 Å². The highest BCUT2D eigenvalue weighted by Gasteiger charge is 2.29. The van der Waals surface area contributed by atoms with Crippen LogP contribution in [0.3, 0.4) is 0 Å². The van der Waals surface area contributed by atoms with Gasteiger partial charge in [0.1, 0.15) is 11.4 Å². The summed E-state index contributed by atoms with van der Waals surface area (Å²) < 4.78 is 10.0. The van der Waals surface area contributed by atoms with Crippen molar-refractivity contribution in [3.8, 4) is 5.75 Å². The van der Waals surface area contributed by atoms with E-state index in [0.717, 1.165) is 24.2 Å². The summed E-state index contributed by atoms with van der Waals surface area (Å²) in [5.41, 5.74) is 3.07. The fourth-order valence-electron chi connectivity index (χ4n) is 4.19. The zero-order valence-corrected chi connectivity index (χ0v) is 19.1. The first-order valence-electron chi connectivity index (χ1n) is 10.8. The van der Waals surface area contributed by atoms with Gasteiger partial charge in [0.25, 0.3) is 5.91 Å². The van der Waals surface area contributed by atoms with Crippen LogP contribution in [0.1, 0.15) is 56.9 Å². The summed E-state index contributed by atoms with van der Waals surface area (Å²) in [7, 11) is 2.94. The molecule has 8 nitrogen and oxygen atoms in total. The van der Waals surface area contributed by atoms with Crippen molar-refractivity contribution in [2.75, 3.05) is 27.3 Å². The Labute approximate surface area is 188 Å². The number of aromatic amines is 1. The molecule has 1 aromatic heterocycles. The Morgan fingerprint density at radius 3 is 2.53 bits per heavy atom. The molecule has 0 unspecified atom stereocenters. The van der Waals surface area contributed by atoms with Crippen molar-refractivity contribution >= 4 is 17.8 Å². The Morgan fingerprint density at radius 1 is 1.16 bits per heavy atom. The second kappa shape index (κ2) is 10.3. The highest BCUT2D eigenvalue weighted by atomic mass is 16.5. The molecule has 0 aliphatic carbocycles. The van der Waals surface area contributed by atoms with Crippen molar-refractivity contribution in [2.24, 2.45) is 5.92 Å². The van der Waals surface area contributed by atoms with Crippen LogP contribution in [0.4, 0.5) is 0 Å². The fraction of sp³-hybridized carbons (Fsp3) is 0.458. The van der Waals surface area contributed by atoms with Gasteiger partial charge in [-0.25, -0.2) is 4.79 Å². The minimum atomic E-state index is -0.450. The Balaban J connectivity index is 1.50. The maximum absolute atomic E-state index is 13.0. The van der Waals surface area contributed by atoms with E-state index in [1.165, 1.54) is 7.11 Å². The number of aryl methyl sites for hydroxylation is 1. The maximum atomic E-state index is 13.0. The second-order valence-electron chi connectivity index (χ2n) is 8.18. The Morgan fingerprint density at radius 2 is 1.88 bits per heavy atom. The average Bonchev–Trinajstić information content (AvgIpc) is 3.11. The standard InChI is InChI=1S/C24H31N3O5/c1-15-21(24(30)32-4)16(2)26-22(15)23(29)27-10-8-17(9-11-27)13-20(28)25-14-18-6-5-7-19(12-18)31-3/h5-7,12,17,26H,8-11,13-14H2,1-4H3,(H,25,28). The SMILES string of the molecule is COC(=O)c1c(C)[nH]c(C(=O)N2CCC(CC(=O)NCc3cccc(OC)c3)CC2)c1C. The Kier molecular flexibility index (Phi) is 7.56. The summed E-state index contributed by atoms with van der Waals surface area (Å²) in [5.74, 6) is 0.438. The van der Waals surface area contributed by atoms with Crippen molar-refractivity contribution in [1.29, 1.82) is 0 Å². The molecule has 0 spiro atoms. The molecule has 0 saturated carbocycles. The van der Waals surface area contributed by atoms with E-state index in [9.17, 15) is 14.4 Å². The molecule has 2 amide bonds. The van der Waals surface area contributed by atoms with Crippen molar-refractivity contribution in [3.63, 3.8) is 0 Å². The summed E-state index contributed by atoms with van der Waals surface area (Å²) in [6.07, 6.45) is 1.97. The number of amides is 2.